The van der Waals surface area contributed by atoms with Crippen LogP contribution in [0.1, 0.15) is 45.1 Å². The van der Waals surface area contributed by atoms with Gasteiger partial charge < -0.3 is 14.8 Å². The molecule has 1 N–H and O–H groups in total. The lowest BCUT2D eigenvalue weighted by Crippen LogP contribution is -2.41. The van der Waals surface area contributed by atoms with Gasteiger partial charge in [-0.3, -0.25) is 14.5 Å². The van der Waals surface area contributed by atoms with Crippen LogP contribution in [0.5, 0.6) is 11.5 Å². The first-order valence-corrected chi connectivity index (χ1v) is 9.78. The summed E-state index contributed by atoms with van der Waals surface area (Å²) in [7, 11) is 0. The molecule has 4 rings (SSSR count). The minimum atomic E-state index is -1.29. The largest absolute Gasteiger partial charge is 0.454 e. The van der Waals surface area contributed by atoms with Gasteiger partial charge in [-0.1, -0.05) is 6.07 Å². The fourth-order valence-corrected chi connectivity index (χ4v) is 3.97. The van der Waals surface area contributed by atoms with Gasteiger partial charge in [-0.15, -0.1) is 0 Å². The summed E-state index contributed by atoms with van der Waals surface area (Å²) >= 11 is 0. The second-order valence-corrected chi connectivity index (χ2v) is 8.05. The predicted molar refractivity (Wildman–Crippen MR) is 110 cm³/mol. The van der Waals surface area contributed by atoms with Crippen molar-refractivity contribution in [1.82, 2.24) is 10.2 Å². The van der Waals surface area contributed by atoms with Gasteiger partial charge in [0, 0.05) is 5.56 Å². The Bertz CT molecular complexity index is 1110. The number of carbonyl (C=O) groups is 3. The molecule has 1 saturated heterocycles. The van der Waals surface area contributed by atoms with Gasteiger partial charge in [0.2, 0.25) is 6.79 Å². The molecule has 3 amide bonds. The number of fused-ring (bicyclic) bond motifs is 1. The number of aryl methyl sites for hydroxylation is 1. The van der Waals surface area contributed by atoms with Crippen molar-refractivity contribution in [2.45, 2.75) is 40.2 Å². The van der Waals surface area contributed by atoms with Crippen molar-refractivity contribution >= 4 is 17.7 Å². The third-order valence-electron chi connectivity index (χ3n) is 6.31. The Kier molecular flexibility index (Phi) is 4.56. The van der Waals surface area contributed by atoms with E-state index in [9.17, 15) is 14.4 Å². The Balaban J connectivity index is 1.62. The highest BCUT2D eigenvalue weighted by molar-refractivity contribution is 6.11. The maximum absolute atomic E-state index is 13.2. The Morgan fingerprint density at radius 3 is 2.47 bits per heavy atom. The molecule has 0 radical (unpaired) electrons. The van der Waals surface area contributed by atoms with E-state index in [-0.39, 0.29) is 19.1 Å². The van der Waals surface area contributed by atoms with Gasteiger partial charge in [0.25, 0.3) is 5.91 Å². The maximum atomic E-state index is 13.2. The highest BCUT2D eigenvalue weighted by Gasteiger charge is 2.50. The minimum absolute atomic E-state index is 0.116. The van der Waals surface area contributed by atoms with E-state index < -0.39 is 17.5 Å². The van der Waals surface area contributed by atoms with Gasteiger partial charge in [0.1, 0.15) is 5.54 Å². The standard InChI is InChI=1S/C23H24N2O5/c1-12-8-17(15(4)14(3)13(12)2)18(26)10-25-21(27)23(5,24-22(25)28)16-6-7-19-20(9-16)30-11-29-19/h6-9H,10-11H2,1-5H3,(H,24,28). The number of urea groups is 1. The number of benzene rings is 2. The van der Waals surface area contributed by atoms with E-state index in [2.05, 4.69) is 5.32 Å². The van der Waals surface area contributed by atoms with Crippen molar-refractivity contribution in [2.24, 2.45) is 0 Å². The Morgan fingerprint density at radius 1 is 1.03 bits per heavy atom. The van der Waals surface area contributed by atoms with Gasteiger partial charge in [-0.25, -0.2) is 4.79 Å². The molecule has 2 aromatic rings. The number of hydrogen-bond donors (Lipinski definition) is 1. The lowest BCUT2D eigenvalue weighted by atomic mass is 9.91. The molecule has 2 heterocycles. The summed E-state index contributed by atoms with van der Waals surface area (Å²) in [5, 5.41) is 2.73. The average molecular weight is 408 g/mol. The first-order chi connectivity index (χ1) is 14.1. The number of amides is 3. The van der Waals surface area contributed by atoms with E-state index in [0.717, 1.165) is 27.2 Å². The molecule has 1 atom stereocenters. The molecule has 0 aliphatic carbocycles. The van der Waals surface area contributed by atoms with Crippen molar-refractivity contribution < 1.29 is 23.9 Å². The zero-order chi connectivity index (χ0) is 21.8. The molecule has 2 aromatic carbocycles. The number of hydrogen-bond acceptors (Lipinski definition) is 5. The van der Waals surface area contributed by atoms with Gasteiger partial charge in [0.15, 0.2) is 17.3 Å². The van der Waals surface area contributed by atoms with E-state index >= 15 is 0 Å². The molecule has 7 nitrogen and oxygen atoms in total. The highest BCUT2D eigenvalue weighted by Crippen LogP contribution is 2.38. The molecule has 2 aliphatic rings. The number of nitrogens with zero attached hydrogens (tertiary/aromatic N) is 1. The van der Waals surface area contributed by atoms with E-state index in [1.165, 1.54) is 0 Å². The predicted octanol–water partition coefficient (Wildman–Crippen LogP) is 3.30. The van der Waals surface area contributed by atoms with Crippen LogP contribution >= 0.6 is 0 Å². The first-order valence-electron chi connectivity index (χ1n) is 9.78. The number of nitrogens with one attached hydrogen (secondary N) is 1. The van der Waals surface area contributed by atoms with Gasteiger partial charge in [-0.05, 0) is 80.6 Å². The number of carbonyl (C=O) groups excluding carboxylic acids is 3. The molecule has 30 heavy (non-hydrogen) atoms. The molecule has 1 fully saturated rings. The summed E-state index contributed by atoms with van der Waals surface area (Å²) in [6.45, 7) is 9.25. The second-order valence-electron chi connectivity index (χ2n) is 8.05. The topological polar surface area (TPSA) is 84.9 Å². The average Bonchev–Trinajstić information content (AvgIpc) is 3.27. The lowest BCUT2D eigenvalue weighted by molar-refractivity contribution is -0.130. The number of Topliss-reactive ketones (excluding diaryl/α,β-unsaturated/α-hetero) is 1. The molecule has 2 aliphatic heterocycles. The summed E-state index contributed by atoms with van der Waals surface area (Å²) in [6.07, 6.45) is 0. The summed E-state index contributed by atoms with van der Waals surface area (Å²) in [5.41, 5.74) is 3.87. The maximum Gasteiger partial charge on any atom is 0.325 e. The molecular weight excluding hydrogens is 384 g/mol. The summed E-state index contributed by atoms with van der Waals surface area (Å²) in [4.78, 5) is 39.8. The summed E-state index contributed by atoms with van der Waals surface area (Å²) in [6, 6.07) is 6.34. The molecule has 0 spiro atoms. The van der Waals surface area contributed by atoms with Crippen molar-refractivity contribution in [2.75, 3.05) is 13.3 Å². The molecule has 1 unspecified atom stereocenters. The van der Waals surface area contributed by atoms with Crippen LogP contribution in [0.2, 0.25) is 0 Å². The number of ether oxygens (including phenoxy) is 2. The molecule has 0 aromatic heterocycles. The van der Waals surface area contributed by atoms with E-state index in [1.54, 1.807) is 25.1 Å². The molecule has 0 saturated carbocycles. The third kappa shape index (κ3) is 2.93. The van der Waals surface area contributed by atoms with Crippen LogP contribution in [-0.2, 0) is 10.3 Å². The molecule has 0 bridgehead atoms. The molecule has 7 heteroatoms. The van der Waals surface area contributed by atoms with Crippen molar-refractivity contribution in [3.63, 3.8) is 0 Å². The fraction of sp³-hybridized carbons (Fsp3) is 0.348. The van der Waals surface area contributed by atoms with Gasteiger partial charge in [-0.2, -0.15) is 0 Å². The number of imide groups is 1. The Morgan fingerprint density at radius 2 is 1.73 bits per heavy atom. The van der Waals surface area contributed by atoms with Gasteiger partial charge in [0.05, 0.1) is 6.54 Å². The fourth-order valence-electron chi connectivity index (χ4n) is 3.97. The second kappa shape index (κ2) is 6.86. The zero-order valence-corrected chi connectivity index (χ0v) is 17.7. The minimum Gasteiger partial charge on any atom is -0.454 e. The monoisotopic (exact) mass is 408 g/mol. The van der Waals surface area contributed by atoms with Crippen molar-refractivity contribution in [1.29, 1.82) is 0 Å². The number of ketones is 1. The summed E-state index contributed by atoms with van der Waals surface area (Å²) in [5.74, 6) is 0.369. The lowest BCUT2D eigenvalue weighted by Gasteiger charge is -2.22. The highest BCUT2D eigenvalue weighted by atomic mass is 16.7. The first kappa shape index (κ1) is 19.9. The van der Waals surface area contributed by atoms with Crippen LogP contribution in [0.25, 0.3) is 0 Å². The quantitative estimate of drug-likeness (QED) is 0.620. The normalized spacial score (nSPS) is 20.0. The Hall–Kier alpha value is -3.35. The van der Waals surface area contributed by atoms with Crippen LogP contribution in [0.3, 0.4) is 0 Å². The third-order valence-corrected chi connectivity index (χ3v) is 6.31. The van der Waals surface area contributed by atoms with E-state index in [0.29, 0.717) is 22.6 Å². The smallest absolute Gasteiger partial charge is 0.325 e. The van der Waals surface area contributed by atoms with Crippen LogP contribution in [0, 0.1) is 27.7 Å². The van der Waals surface area contributed by atoms with Crippen LogP contribution in [-0.4, -0.2) is 36.0 Å². The SMILES string of the molecule is Cc1cc(C(=O)CN2C(=O)NC(C)(c3ccc4c(c3)OCO4)C2=O)c(C)c(C)c1C. The van der Waals surface area contributed by atoms with Crippen molar-refractivity contribution in [3.8, 4) is 11.5 Å². The van der Waals surface area contributed by atoms with Crippen LogP contribution < -0.4 is 14.8 Å². The number of rotatable bonds is 4. The van der Waals surface area contributed by atoms with Gasteiger partial charge >= 0.3 is 6.03 Å². The molecular formula is C23H24N2O5. The summed E-state index contributed by atoms with van der Waals surface area (Å²) < 4.78 is 10.7. The Labute approximate surface area is 175 Å². The van der Waals surface area contributed by atoms with E-state index in [4.69, 9.17) is 9.47 Å². The zero-order valence-electron chi connectivity index (χ0n) is 17.7. The molecule has 156 valence electrons. The van der Waals surface area contributed by atoms with Crippen LogP contribution in [0.4, 0.5) is 4.79 Å². The van der Waals surface area contributed by atoms with Crippen molar-refractivity contribution in [3.05, 3.63) is 57.6 Å². The van der Waals surface area contributed by atoms with E-state index in [1.807, 2.05) is 33.8 Å². The van der Waals surface area contributed by atoms with Crippen LogP contribution in [0.15, 0.2) is 24.3 Å².